The summed E-state index contributed by atoms with van der Waals surface area (Å²) < 4.78 is 32.8. The van der Waals surface area contributed by atoms with E-state index in [0.29, 0.717) is 24.9 Å². The molecule has 0 radical (unpaired) electrons. The molecule has 168 valence electrons. The molecule has 0 aliphatic heterocycles. The fourth-order valence-corrected chi connectivity index (χ4v) is 3.59. The maximum absolute atomic E-state index is 11.9. The lowest BCUT2D eigenvalue weighted by Gasteiger charge is -2.19. The second kappa shape index (κ2) is 9.94. The SMILES string of the molecule is Cc1cc2ncc(C#N)c(NCCCCNS(=O)(=O)NC(=O)OC(C)(C)C)c2cc1C. The molecular weight excluding hydrogens is 418 g/mol. The van der Waals surface area contributed by atoms with Gasteiger partial charge < -0.3 is 10.1 Å². The van der Waals surface area contributed by atoms with Gasteiger partial charge in [0, 0.05) is 24.7 Å². The van der Waals surface area contributed by atoms with Crippen LogP contribution in [0.3, 0.4) is 0 Å². The van der Waals surface area contributed by atoms with Gasteiger partial charge in [-0.05, 0) is 70.7 Å². The van der Waals surface area contributed by atoms with Crippen molar-refractivity contribution >= 4 is 32.9 Å². The van der Waals surface area contributed by atoms with Gasteiger partial charge in [0.2, 0.25) is 0 Å². The molecular formula is C21H29N5O4S. The average molecular weight is 448 g/mol. The van der Waals surface area contributed by atoms with Gasteiger partial charge in [-0.2, -0.15) is 18.4 Å². The second-order valence-corrected chi connectivity index (χ2v) is 9.75. The van der Waals surface area contributed by atoms with Crippen LogP contribution in [0.4, 0.5) is 10.5 Å². The predicted molar refractivity (Wildman–Crippen MR) is 120 cm³/mol. The molecule has 10 heteroatoms. The van der Waals surface area contributed by atoms with Crippen molar-refractivity contribution in [3.8, 4) is 6.07 Å². The van der Waals surface area contributed by atoms with E-state index >= 15 is 0 Å². The number of hydrogen-bond acceptors (Lipinski definition) is 7. The molecule has 31 heavy (non-hydrogen) atoms. The van der Waals surface area contributed by atoms with Gasteiger partial charge in [0.1, 0.15) is 11.7 Å². The molecule has 2 aromatic rings. The van der Waals surface area contributed by atoms with E-state index in [4.69, 9.17) is 4.74 Å². The number of aromatic nitrogens is 1. The topological polar surface area (TPSA) is 133 Å². The molecule has 0 atom stereocenters. The number of nitrogens with one attached hydrogen (secondary N) is 3. The molecule has 0 unspecified atom stereocenters. The number of amides is 1. The molecule has 1 aromatic carbocycles. The molecule has 0 aliphatic carbocycles. The number of nitriles is 1. The van der Waals surface area contributed by atoms with Crippen molar-refractivity contribution in [2.24, 2.45) is 0 Å². The van der Waals surface area contributed by atoms with E-state index in [0.717, 1.165) is 27.7 Å². The van der Waals surface area contributed by atoms with E-state index in [1.807, 2.05) is 30.7 Å². The number of nitrogens with zero attached hydrogens (tertiary/aromatic N) is 2. The number of aryl methyl sites for hydroxylation is 2. The summed E-state index contributed by atoms with van der Waals surface area (Å²) in [6, 6.07) is 6.16. The first kappa shape index (κ1) is 24.4. The highest BCUT2D eigenvalue weighted by Crippen LogP contribution is 2.28. The number of unbranched alkanes of at least 4 members (excludes halogenated alkanes) is 1. The van der Waals surface area contributed by atoms with E-state index < -0.39 is 21.9 Å². The summed E-state index contributed by atoms with van der Waals surface area (Å²) in [5.41, 5.74) is 3.44. The average Bonchev–Trinajstić information content (AvgIpc) is 2.63. The Kier molecular flexibility index (Phi) is 7.81. The summed E-state index contributed by atoms with van der Waals surface area (Å²) >= 11 is 0. The number of anilines is 1. The van der Waals surface area contributed by atoms with Crippen molar-refractivity contribution in [1.29, 1.82) is 5.26 Å². The van der Waals surface area contributed by atoms with Crippen molar-refractivity contribution in [1.82, 2.24) is 14.4 Å². The number of fused-ring (bicyclic) bond motifs is 1. The fourth-order valence-electron chi connectivity index (χ4n) is 2.84. The summed E-state index contributed by atoms with van der Waals surface area (Å²) in [7, 11) is -3.99. The molecule has 0 spiro atoms. The maximum atomic E-state index is 11.9. The van der Waals surface area contributed by atoms with Gasteiger partial charge in [0.15, 0.2) is 0 Å². The predicted octanol–water partition coefficient (Wildman–Crippen LogP) is 3.27. The van der Waals surface area contributed by atoms with Gasteiger partial charge in [-0.25, -0.2) is 9.52 Å². The lowest BCUT2D eigenvalue weighted by atomic mass is 10.0. The quantitative estimate of drug-likeness (QED) is 0.529. The van der Waals surface area contributed by atoms with E-state index in [9.17, 15) is 18.5 Å². The third kappa shape index (κ3) is 7.38. The Labute approximate surface area is 183 Å². The van der Waals surface area contributed by atoms with Gasteiger partial charge >= 0.3 is 16.3 Å². The molecule has 0 saturated carbocycles. The van der Waals surface area contributed by atoms with Crippen molar-refractivity contribution in [2.75, 3.05) is 18.4 Å². The zero-order valence-electron chi connectivity index (χ0n) is 18.5. The normalized spacial score (nSPS) is 11.7. The molecule has 1 aromatic heterocycles. The largest absolute Gasteiger partial charge is 0.443 e. The van der Waals surface area contributed by atoms with Gasteiger partial charge in [-0.15, -0.1) is 0 Å². The van der Waals surface area contributed by atoms with Crippen LogP contribution in [0.25, 0.3) is 10.9 Å². The zero-order chi connectivity index (χ0) is 23.2. The minimum atomic E-state index is -3.99. The van der Waals surface area contributed by atoms with Crippen LogP contribution in [-0.4, -0.2) is 38.2 Å². The van der Waals surface area contributed by atoms with E-state index in [1.165, 1.54) is 0 Å². The van der Waals surface area contributed by atoms with E-state index in [2.05, 4.69) is 21.1 Å². The lowest BCUT2D eigenvalue weighted by Crippen LogP contribution is -2.43. The highest BCUT2D eigenvalue weighted by Gasteiger charge is 2.20. The molecule has 0 saturated heterocycles. The molecule has 3 N–H and O–H groups in total. The number of benzene rings is 1. The van der Waals surface area contributed by atoms with Crippen molar-refractivity contribution in [3.05, 3.63) is 35.0 Å². The van der Waals surface area contributed by atoms with Crippen molar-refractivity contribution in [2.45, 2.75) is 53.1 Å². The van der Waals surface area contributed by atoms with Gasteiger partial charge in [0.25, 0.3) is 0 Å². The first-order valence-corrected chi connectivity index (χ1v) is 11.4. The first-order valence-electron chi connectivity index (χ1n) is 9.96. The minimum Gasteiger partial charge on any atom is -0.443 e. The Morgan fingerprint density at radius 1 is 1.16 bits per heavy atom. The number of rotatable bonds is 8. The third-order valence-electron chi connectivity index (χ3n) is 4.42. The molecule has 1 amide bonds. The molecule has 1 heterocycles. The van der Waals surface area contributed by atoms with Crippen LogP contribution >= 0.6 is 0 Å². The number of carbonyl (C=O) groups excluding carboxylic acids is 1. The molecule has 2 rings (SSSR count). The Balaban J connectivity index is 1.88. The van der Waals surface area contributed by atoms with Crippen LogP contribution in [0.15, 0.2) is 18.3 Å². The zero-order valence-corrected chi connectivity index (χ0v) is 19.3. The fraction of sp³-hybridized carbons (Fsp3) is 0.476. The highest BCUT2D eigenvalue weighted by atomic mass is 32.2. The van der Waals surface area contributed by atoms with Crippen molar-refractivity contribution < 1.29 is 17.9 Å². The number of ether oxygens (including phenoxy) is 1. The summed E-state index contributed by atoms with van der Waals surface area (Å²) in [4.78, 5) is 15.9. The van der Waals surface area contributed by atoms with Crippen LogP contribution in [0.2, 0.25) is 0 Å². The smallest absolute Gasteiger partial charge is 0.422 e. The lowest BCUT2D eigenvalue weighted by molar-refractivity contribution is 0.0569. The van der Waals surface area contributed by atoms with E-state index in [-0.39, 0.29) is 6.54 Å². The van der Waals surface area contributed by atoms with Crippen LogP contribution in [-0.2, 0) is 14.9 Å². The molecule has 0 bridgehead atoms. The van der Waals surface area contributed by atoms with Gasteiger partial charge in [-0.3, -0.25) is 4.98 Å². The van der Waals surface area contributed by atoms with Crippen molar-refractivity contribution in [3.63, 3.8) is 0 Å². The Morgan fingerprint density at radius 2 is 1.81 bits per heavy atom. The number of carbonyl (C=O) groups is 1. The Hall–Kier alpha value is -2.90. The standard InChI is InChI=1S/C21H29N5O4S/c1-14-10-17-18(11-15(14)2)24-13-16(12-22)19(17)23-8-6-7-9-25-31(28,29)26-20(27)30-21(3,4)5/h10-11,13,25H,6-9H2,1-5H3,(H,23,24)(H,26,27). The summed E-state index contributed by atoms with van der Waals surface area (Å²) in [5, 5.41) is 13.6. The second-order valence-electron chi connectivity index (χ2n) is 8.25. The van der Waals surface area contributed by atoms with Crippen LogP contribution in [0.1, 0.15) is 50.3 Å². The highest BCUT2D eigenvalue weighted by molar-refractivity contribution is 7.88. The summed E-state index contributed by atoms with van der Waals surface area (Å²) in [5.74, 6) is 0. The maximum Gasteiger partial charge on any atom is 0.422 e. The van der Waals surface area contributed by atoms with E-state index in [1.54, 1.807) is 27.0 Å². The third-order valence-corrected chi connectivity index (χ3v) is 5.44. The molecule has 0 aliphatic rings. The molecule has 9 nitrogen and oxygen atoms in total. The minimum absolute atomic E-state index is 0.153. The monoisotopic (exact) mass is 447 g/mol. The number of hydrogen-bond donors (Lipinski definition) is 3. The Morgan fingerprint density at radius 3 is 2.45 bits per heavy atom. The van der Waals surface area contributed by atoms with Crippen LogP contribution < -0.4 is 14.8 Å². The van der Waals surface area contributed by atoms with Gasteiger partial charge in [0.05, 0.1) is 16.8 Å². The summed E-state index contributed by atoms with van der Waals surface area (Å²) in [6.07, 6.45) is 1.70. The molecule has 0 fully saturated rings. The van der Waals surface area contributed by atoms with Crippen LogP contribution in [0.5, 0.6) is 0 Å². The first-order chi connectivity index (χ1) is 14.4. The number of pyridine rings is 1. The summed E-state index contributed by atoms with van der Waals surface area (Å²) in [6.45, 7) is 9.65. The van der Waals surface area contributed by atoms with Gasteiger partial charge in [-0.1, -0.05) is 0 Å². The Bertz CT molecular complexity index is 1100. The van der Waals surface area contributed by atoms with Crippen LogP contribution in [0, 0.1) is 25.2 Å².